The maximum atomic E-state index is 11.9. The lowest BCUT2D eigenvalue weighted by Gasteiger charge is -2.15. The second-order valence-corrected chi connectivity index (χ2v) is 7.95. The number of nitriles is 1. The van der Waals surface area contributed by atoms with Crippen molar-refractivity contribution in [2.75, 3.05) is 7.05 Å². The molecule has 33 heavy (non-hydrogen) atoms. The fraction of sp³-hybridized carbons (Fsp3) is 0.292. The Balaban J connectivity index is 0.00000122. The van der Waals surface area contributed by atoms with Crippen molar-refractivity contribution in [2.45, 2.75) is 33.6 Å². The first kappa shape index (κ1) is 25.1. The van der Waals surface area contributed by atoms with Crippen molar-refractivity contribution in [1.82, 2.24) is 25.5 Å². The molecule has 0 aliphatic heterocycles. The number of nitrogens with two attached hydrogens (primary N) is 1. The van der Waals surface area contributed by atoms with Crippen molar-refractivity contribution < 1.29 is 9.59 Å². The molecule has 170 valence electrons. The summed E-state index contributed by atoms with van der Waals surface area (Å²) in [5.41, 5.74) is 9.31. The lowest BCUT2D eigenvalue weighted by Crippen LogP contribution is -2.19. The van der Waals surface area contributed by atoms with Crippen molar-refractivity contribution >= 4 is 12.3 Å². The van der Waals surface area contributed by atoms with Gasteiger partial charge in [-0.05, 0) is 69.0 Å². The second-order valence-electron chi connectivity index (χ2n) is 7.95. The number of nitrogens with zero attached hydrogens (tertiary/aromatic N) is 5. The molecule has 2 amide bonds. The van der Waals surface area contributed by atoms with Crippen LogP contribution in [-0.2, 0) is 11.2 Å². The summed E-state index contributed by atoms with van der Waals surface area (Å²) in [6, 6.07) is 9.89. The minimum absolute atomic E-state index is 0.243. The molecule has 3 heterocycles. The summed E-state index contributed by atoms with van der Waals surface area (Å²) in [7, 11) is 1.57. The smallest absolute Gasteiger partial charge is 0.269 e. The lowest BCUT2D eigenvalue weighted by molar-refractivity contribution is -0.106. The van der Waals surface area contributed by atoms with E-state index in [4.69, 9.17) is 4.79 Å². The molecule has 0 spiro atoms. The van der Waals surface area contributed by atoms with E-state index < -0.39 is 0 Å². The first-order valence-electron chi connectivity index (χ1n) is 10.3. The Morgan fingerprint density at radius 2 is 1.94 bits per heavy atom. The van der Waals surface area contributed by atoms with Crippen LogP contribution in [0.1, 0.15) is 42.0 Å². The summed E-state index contributed by atoms with van der Waals surface area (Å²) in [4.78, 5) is 29.1. The van der Waals surface area contributed by atoms with Gasteiger partial charge in [-0.1, -0.05) is 0 Å². The van der Waals surface area contributed by atoms with Crippen molar-refractivity contribution in [2.24, 2.45) is 11.1 Å². The molecule has 9 heteroatoms. The summed E-state index contributed by atoms with van der Waals surface area (Å²) in [5, 5.41) is 20.3. The van der Waals surface area contributed by atoms with Gasteiger partial charge in [0, 0.05) is 36.3 Å². The van der Waals surface area contributed by atoms with Crippen LogP contribution < -0.4 is 11.1 Å². The molecule has 0 radical (unpaired) electrons. The summed E-state index contributed by atoms with van der Waals surface area (Å²) < 4.78 is 0. The molecular formula is C24H27N7O2. The molecule has 0 saturated carbocycles. The lowest BCUT2D eigenvalue weighted by atomic mass is 9.88. The Morgan fingerprint density at radius 3 is 2.61 bits per heavy atom. The van der Waals surface area contributed by atoms with Gasteiger partial charge in [0.1, 0.15) is 5.69 Å². The van der Waals surface area contributed by atoms with Gasteiger partial charge in [0.15, 0.2) is 0 Å². The van der Waals surface area contributed by atoms with Crippen LogP contribution in [0.5, 0.6) is 0 Å². The Hall–Kier alpha value is -4.19. The molecule has 0 unspecified atom stereocenters. The first-order chi connectivity index (χ1) is 15.7. The van der Waals surface area contributed by atoms with E-state index >= 15 is 0 Å². The van der Waals surface area contributed by atoms with Crippen molar-refractivity contribution in [3.8, 4) is 28.5 Å². The number of aromatic nitrogens is 4. The Bertz CT molecular complexity index is 1170. The second kappa shape index (κ2) is 11.4. The zero-order chi connectivity index (χ0) is 24.4. The highest BCUT2D eigenvalue weighted by atomic mass is 16.1. The molecule has 3 aromatic heterocycles. The number of aryl methyl sites for hydroxylation is 2. The van der Waals surface area contributed by atoms with Crippen LogP contribution in [0.15, 0.2) is 42.9 Å². The topological polar surface area (TPSA) is 148 Å². The van der Waals surface area contributed by atoms with Gasteiger partial charge in [-0.25, -0.2) is 0 Å². The van der Waals surface area contributed by atoms with Crippen LogP contribution in [0.2, 0.25) is 0 Å². The molecular weight excluding hydrogens is 418 g/mol. The van der Waals surface area contributed by atoms with E-state index in [9.17, 15) is 10.1 Å². The molecule has 0 atom stereocenters. The number of pyridine rings is 2. The minimum atomic E-state index is -0.380. The molecule has 0 aromatic carbocycles. The molecule has 0 saturated heterocycles. The van der Waals surface area contributed by atoms with E-state index in [1.807, 2.05) is 39.1 Å². The number of primary amides is 1. The number of nitrogens with one attached hydrogen (secondary N) is 1. The monoisotopic (exact) mass is 445 g/mol. The Morgan fingerprint density at radius 1 is 1.21 bits per heavy atom. The predicted molar refractivity (Wildman–Crippen MR) is 125 cm³/mol. The first-order valence-corrected chi connectivity index (χ1v) is 10.3. The van der Waals surface area contributed by atoms with Gasteiger partial charge in [0.2, 0.25) is 6.41 Å². The highest BCUT2D eigenvalue weighted by molar-refractivity contribution is 5.93. The largest absolute Gasteiger partial charge is 0.372 e. The van der Waals surface area contributed by atoms with Crippen LogP contribution in [0.25, 0.3) is 22.4 Å². The molecule has 3 N–H and O–H groups in total. The Kier molecular flexibility index (Phi) is 8.69. The number of amides is 2. The third-order valence-electron chi connectivity index (χ3n) is 4.97. The van der Waals surface area contributed by atoms with Gasteiger partial charge < -0.3 is 11.1 Å². The molecule has 9 nitrogen and oxygen atoms in total. The van der Waals surface area contributed by atoms with E-state index in [1.165, 1.54) is 0 Å². The van der Waals surface area contributed by atoms with Crippen LogP contribution in [0.4, 0.5) is 0 Å². The number of hydrogen-bond acceptors (Lipinski definition) is 7. The average molecular weight is 446 g/mol. The van der Waals surface area contributed by atoms with Crippen LogP contribution >= 0.6 is 0 Å². The molecule has 0 fully saturated rings. The van der Waals surface area contributed by atoms with Crippen molar-refractivity contribution in [1.29, 1.82) is 5.26 Å². The van der Waals surface area contributed by atoms with Gasteiger partial charge >= 0.3 is 0 Å². The zero-order valence-corrected chi connectivity index (χ0v) is 19.2. The van der Waals surface area contributed by atoms with Gasteiger partial charge in [-0.3, -0.25) is 19.6 Å². The van der Waals surface area contributed by atoms with E-state index in [0.29, 0.717) is 11.4 Å². The van der Waals surface area contributed by atoms with E-state index in [-0.39, 0.29) is 17.7 Å². The van der Waals surface area contributed by atoms with Crippen LogP contribution in [-0.4, -0.2) is 39.5 Å². The summed E-state index contributed by atoms with van der Waals surface area (Å²) in [6.45, 7) is 5.81. The van der Waals surface area contributed by atoms with Gasteiger partial charge in [0.05, 0.1) is 23.4 Å². The van der Waals surface area contributed by atoms with Crippen molar-refractivity contribution in [3.63, 3.8) is 0 Å². The minimum Gasteiger partial charge on any atom is -0.372 e. The zero-order valence-electron chi connectivity index (χ0n) is 19.2. The summed E-state index contributed by atoms with van der Waals surface area (Å²) in [6.07, 6.45) is 6.87. The third-order valence-corrected chi connectivity index (χ3v) is 4.97. The highest BCUT2D eigenvalue weighted by Gasteiger charge is 2.17. The predicted octanol–water partition coefficient (Wildman–Crippen LogP) is 2.85. The fourth-order valence-electron chi connectivity index (χ4n) is 3.00. The maximum Gasteiger partial charge on any atom is 0.269 e. The van der Waals surface area contributed by atoms with Gasteiger partial charge in [-0.2, -0.15) is 15.5 Å². The highest BCUT2D eigenvalue weighted by Crippen LogP contribution is 2.27. The van der Waals surface area contributed by atoms with E-state index in [2.05, 4.69) is 43.4 Å². The third kappa shape index (κ3) is 6.90. The normalized spacial score (nSPS) is 10.4. The SMILES string of the molecule is CNC(=O)c1cc(-c2cnnc(-c3cc(CCC(C)(C)C#N)cnc3C)c2)ccn1.NC=O. The molecule has 0 bridgehead atoms. The summed E-state index contributed by atoms with van der Waals surface area (Å²) in [5.74, 6) is -0.243. The standard InChI is InChI=1S/C23H24N6O.CH3NO/c1-15-19(9-16(12-27-15)5-7-23(2,3)14-24)20-11-18(13-28-29-20)17-6-8-26-21(10-17)22(30)25-4;2-1-3/h6,8-13H,5,7H2,1-4H3,(H,25,30);1H,(H2,2,3). The molecule has 3 rings (SSSR count). The summed E-state index contributed by atoms with van der Waals surface area (Å²) >= 11 is 0. The van der Waals surface area contributed by atoms with E-state index in [0.717, 1.165) is 40.8 Å². The Labute approximate surface area is 193 Å². The number of rotatable bonds is 6. The molecule has 0 aliphatic carbocycles. The molecule has 0 aliphatic rings. The van der Waals surface area contributed by atoms with Crippen LogP contribution in [0, 0.1) is 23.7 Å². The quantitative estimate of drug-likeness (QED) is 0.554. The van der Waals surface area contributed by atoms with Crippen molar-refractivity contribution in [3.05, 3.63) is 59.8 Å². The van der Waals surface area contributed by atoms with Gasteiger partial charge in [-0.15, -0.1) is 0 Å². The number of carbonyl (C=O) groups excluding carboxylic acids is 2. The number of hydrogen-bond donors (Lipinski definition) is 2. The average Bonchev–Trinajstić information content (AvgIpc) is 2.83. The maximum absolute atomic E-state index is 11.9. The van der Waals surface area contributed by atoms with E-state index in [1.54, 1.807) is 25.5 Å². The molecule has 3 aromatic rings. The fourth-order valence-corrected chi connectivity index (χ4v) is 3.00. The number of carbonyl (C=O) groups is 2. The van der Waals surface area contributed by atoms with Crippen LogP contribution in [0.3, 0.4) is 0 Å². The van der Waals surface area contributed by atoms with Gasteiger partial charge in [0.25, 0.3) is 5.91 Å².